The van der Waals surface area contributed by atoms with Crippen molar-refractivity contribution < 1.29 is 4.39 Å². The SMILES string of the molecule is Cc1cc(Br)c(F)cc1-n1nncc1CCl. The van der Waals surface area contributed by atoms with Gasteiger partial charge in [0, 0.05) is 6.07 Å². The molecule has 0 amide bonds. The highest BCUT2D eigenvalue weighted by atomic mass is 79.9. The Bertz CT molecular complexity index is 527. The molecule has 2 rings (SSSR count). The van der Waals surface area contributed by atoms with Crippen LogP contribution in [0, 0.1) is 12.7 Å². The zero-order valence-electron chi connectivity index (χ0n) is 8.41. The van der Waals surface area contributed by atoms with E-state index in [1.807, 2.05) is 6.92 Å². The number of hydrogen-bond donors (Lipinski definition) is 0. The highest BCUT2D eigenvalue weighted by molar-refractivity contribution is 9.10. The quantitative estimate of drug-likeness (QED) is 0.798. The molecule has 6 heteroatoms. The van der Waals surface area contributed by atoms with Gasteiger partial charge in [-0.3, -0.25) is 0 Å². The minimum atomic E-state index is -0.336. The number of alkyl halides is 1. The van der Waals surface area contributed by atoms with Crippen LogP contribution in [0.5, 0.6) is 0 Å². The fraction of sp³-hybridized carbons (Fsp3) is 0.200. The number of rotatable bonds is 2. The number of hydrogen-bond acceptors (Lipinski definition) is 2. The standard InChI is InChI=1S/C10H8BrClFN3/c1-6-2-8(11)9(13)3-10(6)16-7(4-12)5-14-15-16/h2-3,5H,4H2,1H3. The van der Waals surface area contributed by atoms with Gasteiger partial charge in [0.1, 0.15) is 5.82 Å². The average molecular weight is 305 g/mol. The second kappa shape index (κ2) is 4.51. The molecule has 0 fully saturated rings. The maximum Gasteiger partial charge on any atom is 0.139 e. The van der Waals surface area contributed by atoms with E-state index in [1.54, 1.807) is 12.3 Å². The first-order valence-corrected chi connectivity index (χ1v) is 5.88. The van der Waals surface area contributed by atoms with Gasteiger partial charge in [0.2, 0.25) is 0 Å². The predicted octanol–water partition coefficient (Wildman–Crippen LogP) is 3.22. The number of halogens is 3. The Balaban J connectivity index is 2.60. The number of nitrogens with zero attached hydrogens (tertiary/aromatic N) is 3. The van der Waals surface area contributed by atoms with Gasteiger partial charge < -0.3 is 0 Å². The van der Waals surface area contributed by atoms with Crippen LogP contribution >= 0.6 is 27.5 Å². The van der Waals surface area contributed by atoms with Crippen molar-refractivity contribution in [3.8, 4) is 5.69 Å². The van der Waals surface area contributed by atoms with Gasteiger partial charge in [-0.15, -0.1) is 16.7 Å². The third-order valence-electron chi connectivity index (χ3n) is 2.22. The van der Waals surface area contributed by atoms with Crippen LogP contribution in [0.15, 0.2) is 22.8 Å². The van der Waals surface area contributed by atoms with Gasteiger partial charge in [-0.1, -0.05) is 5.21 Å². The van der Waals surface area contributed by atoms with Crippen molar-refractivity contribution in [3.05, 3.63) is 39.9 Å². The minimum absolute atomic E-state index is 0.282. The van der Waals surface area contributed by atoms with E-state index in [0.717, 1.165) is 11.3 Å². The van der Waals surface area contributed by atoms with E-state index in [2.05, 4.69) is 26.2 Å². The van der Waals surface area contributed by atoms with Crippen LogP contribution in [-0.2, 0) is 5.88 Å². The summed E-state index contributed by atoms with van der Waals surface area (Å²) >= 11 is 8.88. The van der Waals surface area contributed by atoms with E-state index >= 15 is 0 Å². The summed E-state index contributed by atoms with van der Waals surface area (Å²) in [6.07, 6.45) is 1.56. The van der Waals surface area contributed by atoms with Gasteiger partial charge in [0.05, 0.1) is 27.9 Å². The van der Waals surface area contributed by atoms with Gasteiger partial charge in [-0.25, -0.2) is 9.07 Å². The summed E-state index contributed by atoms with van der Waals surface area (Å²) in [5, 5.41) is 7.65. The summed E-state index contributed by atoms with van der Waals surface area (Å²) < 4.78 is 15.4. The molecule has 0 saturated heterocycles. The lowest BCUT2D eigenvalue weighted by Gasteiger charge is -2.08. The van der Waals surface area contributed by atoms with Crippen molar-refractivity contribution in [2.24, 2.45) is 0 Å². The Hall–Kier alpha value is -0.940. The highest BCUT2D eigenvalue weighted by Crippen LogP contribution is 2.23. The van der Waals surface area contributed by atoms with Crippen LogP contribution in [0.25, 0.3) is 5.69 Å². The molecule has 1 aromatic heterocycles. The Labute approximate surface area is 105 Å². The second-order valence-corrected chi connectivity index (χ2v) is 4.45. The van der Waals surface area contributed by atoms with Crippen molar-refractivity contribution >= 4 is 27.5 Å². The first kappa shape index (κ1) is 11.5. The summed E-state index contributed by atoms with van der Waals surface area (Å²) in [4.78, 5) is 0. The molecule has 0 saturated carbocycles. The van der Waals surface area contributed by atoms with Crippen molar-refractivity contribution in [2.45, 2.75) is 12.8 Å². The fourth-order valence-corrected chi connectivity index (χ4v) is 2.05. The predicted molar refractivity (Wildman–Crippen MR) is 63.3 cm³/mol. The largest absolute Gasteiger partial charge is 0.216 e. The molecule has 3 nitrogen and oxygen atoms in total. The number of aryl methyl sites for hydroxylation is 1. The van der Waals surface area contributed by atoms with E-state index in [4.69, 9.17) is 11.6 Å². The molecule has 0 aliphatic carbocycles. The third kappa shape index (κ3) is 1.97. The van der Waals surface area contributed by atoms with Gasteiger partial charge in [0.25, 0.3) is 0 Å². The van der Waals surface area contributed by atoms with E-state index in [0.29, 0.717) is 10.2 Å². The molecular formula is C10H8BrClFN3. The van der Waals surface area contributed by atoms with Crippen LogP contribution in [-0.4, -0.2) is 15.0 Å². The number of benzene rings is 1. The summed E-state index contributed by atoms with van der Waals surface area (Å²) in [7, 11) is 0. The molecule has 0 aliphatic rings. The van der Waals surface area contributed by atoms with Gasteiger partial charge in [0.15, 0.2) is 0 Å². The summed E-state index contributed by atoms with van der Waals surface area (Å²) in [6.45, 7) is 1.87. The lowest BCUT2D eigenvalue weighted by atomic mass is 10.2. The van der Waals surface area contributed by atoms with E-state index in [9.17, 15) is 4.39 Å². The van der Waals surface area contributed by atoms with Crippen LogP contribution in [0.1, 0.15) is 11.3 Å². The maximum absolute atomic E-state index is 13.4. The third-order valence-corrected chi connectivity index (χ3v) is 3.11. The van der Waals surface area contributed by atoms with Gasteiger partial charge in [-0.05, 0) is 34.5 Å². The Morgan fingerprint density at radius 3 is 2.94 bits per heavy atom. The molecule has 0 spiro atoms. The molecule has 0 N–H and O–H groups in total. The van der Waals surface area contributed by atoms with Crippen molar-refractivity contribution in [3.63, 3.8) is 0 Å². The van der Waals surface area contributed by atoms with E-state index < -0.39 is 0 Å². The lowest BCUT2D eigenvalue weighted by molar-refractivity contribution is 0.616. The second-order valence-electron chi connectivity index (χ2n) is 3.32. The molecule has 1 heterocycles. The first-order chi connectivity index (χ1) is 7.63. The van der Waals surface area contributed by atoms with Crippen molar-refractivity contribution in [1.82, 2.24) is 15.0 Å². The Kier molecular flexibility index (Phi) is 3.25. The lowest BCUT2D eigenvalue weighted by Crippen LogP contribution is -2.04. The molecule has 1 aromatic carbocycles. The molecule has 0 bridgehead atoms. The van der Waals surface area contributed by atoms with Crippen LogP contribution in [0.3, 0.4) is 0 Å². The van der Waals surface area contributed by atoms with Crippen molar-refractivity contribution in [2.75, 3.05) is 0 Å². The summed E-state index contributed by atoms with van der Waals surface area (Å²) in [5.41, 5.74) is 2.27. The van der Waals surface area contributed by atoms with Crippen LogP contribution in [0.2, 0.25) is 0 Å². The minimum Gasteiger partial charge on any atom is -0.216 e. The smallest absolute Gasteiger partial charge is 0.139 e. The normalized spacial score (nSPS) is 10.8. The number of aromatic nitrogens is 3. The monoisotopic (exact) mass is 303 g/mol. The zero-order chi connectivity index (χ0) is 11.7. The summed E-state index contributed by atoms with van der Waals surface area (Å²) in [5.74, 6) is -0.0546. The topological polar surface area (TPSA) is 30.7 Å². The fourth-order valence-electron chi connectivity index (χ4n) is 1.41. The van der Waals surface area contributed by atoms with E-state index in [-0.39, 0.29) is 11.7 Å². The molecule has 2 aromatic rings. The summed E-state index contributed by atoms with van der Waals surface area (Å²) in [6, 6.07) is 3.11. The van der Waals surface area contributed by atoms with Gasteiger partial charge in [-0.2, -0.15) is 0 Å². The molecule has 0 aliphatic heterocycles. The Morgan fingerprint density at radius 1 is 1.50 bits per heavy atom. The van der Waals surface area contributed by atoms with E-state index in [1.165, 1.54) is 10.7 Å². The zero-order valence-corrected chi connectivity index (χ0v) is 10.8. The molecule has 0 radical (unpaired) electrons. The molecule has 0 unspecified atom stereocenters. The highest BCUT2D eigenvalue weighted by Gasteiger charge is 2.11. The average Bonchev–Trinajstić information content (AvgIpc) is 2.71. The maximum atomic E-state index is 13.4. The van der Waals surface area contributed by atoms with Crippen LogP contribution < -0.4 is 0 Å². The molecular weight excluding hydrogens is 296 g/mol. The first-order valence-electron chi connectivity index (χ1n) is 4.55. The Morgan fingerprint density at radius 2 is 2.25 bits per heavy atom. The molecule has 84 valence electrons. The van der Waals surface area contributed by atoms with Crippen LogP contribution in [0.4, 0.5) is 4.39 Å². The van der Waals surface area contributed by atoms with Gasteiger partial charge >= 0.3 is 0 Å². The molecule has 16 heavy (non-hydrogen) atoms. The van der Waals surface area contributed by atoms with Crippen molar-refractivity contribution in [1.29, 1.82) is 0 Å². The molecule has 0 atom stereocenters.